The minimum absolute atomic E-state index is 0.357. The van der Waals surface area contributed by atoms with Crippen LogP contribution in [0.3, 0.4) is 0 Å². The van der Waals surface area contributed by atoms with E-state index in [1.165, 1.54) is 0 Å². The number of para-hydroxylation sites is 1. The average molecular weight is 148 g/mol. The van der Waals surface area contributed by atoms with Gasteiger partial charge < -0.3 is 5.11 Å². The fourth-order valence-electron chi connectivity index (χ4n) is 0.985. The van der Waals surface area contributed by atoms with Crippen molar-refractivity contribution >= 4 is 0 Å². The van der Waals surface area contributed by atoms with Crippen LogP contribution in [0.4, 0.5) is 0 Å². The molecule has 0 radical (unpaired) electrons. The summed E-state index contributed by atoms with van der Waals surface area (Å²) in [5.41, 5.74) is 2.01. The van der Waals surface area contributed by atoms with Crippen LogP contribution in [-0.2, 0) is 6.42 Å². The second-order valence-electron chi connectivity index (χ2n) is 2.76. The molecule has 11 heavy (non-hydrogen) atoms. The minimum atomic E-state index is 0.357. The molecule has 1 N–H and O–H groups in total. The Morgan fingerprint density at radius 3 is 2.64 bits per heavy atom. The predicted octanol–water partition coefficient (Wildman–Crippen LogP) is 2.51. The van der Waals surface area contributed by atoms with Crippen molar-refractivity contribution in [2.45, 2.75) is 13.3 Å². The van der Waals surface area contributed by atoms with E-state index in [1.54, 1.807) is 6.07 Å². The molecule has 0 aliphatic carbocycles. The molecule has 0 aliphatic heterocycles. The largest absolute Gasteiger partial charge is 0.508 e. The first-order valence-electron chi connectivity index (χ1n) is 3.61. The van der Waals surface area contributed by atoms with Gasteiger partial charge in [0, 0.05) is 0 Å². The first-order chi connectivity index (χ1) is 5.20. The van der Waals surface area contributed by atoms with E-state index in [4.69, 9.17) is 0 Å². The monoisotopic (exact) mass is 148 g/mol. The Bertz CT molecular complexity index is 263. The molecule has 0 unspecified atom stereocenters. The first kappa shape index (κ1) is 7.86. The van der Waals surface area contributed by atoms with E-state index in [-0.39, 0.29) is 0 Å². The van der Waals surface area contributed by atoms with Crippen LogP contribution in [0.15, 0.2) is 36.4 Å². The number of allylic oxidation sites excluding steroid dienone is 1. The summed E-state index contributed by atoms with van der Waals surface area (Å²) in [6, 6.07) is 7.33. The summed E-state index contributed by atoms with van der Waals surface area (Å²) in [5.74, 6) is 0.357. The van der Waals surface area contributed by atoms with E-state index in [0.717, 1.165) is 17.6 Å². The van der Waals surface area contributed by atoms with Gasteiger partial charge in [-0.05, 0) is 25.0 Å². The Morgan fingerprint density at radius 2 is 2.09 bits per heavy atom. The van der Waals surface area contributed by atoms with Crippen LogP contribution < -0.4 is 0 Å². The summed E-state index contributed by atoms with van der Waals surface area (Å²) in [7, 11) is 0. The molecule has 1 nitrogen and oxygen atoms in total. The standard InChI is InChI=1S/C10H12O/c1-8(2)7-9-5-3-4-6-10(9)11/h3-6,11H,1,7H2,2H3. The molecule has 0 aliphatic rings. The molecule has 1 aromatic rings. The molecule has 1 heteroatoms. The van der Waals surface area contributed by atoms with E-state index in [9.17, 15) is 5.11 Å². The van der Waals surface area contributed by atoms with Crippen molar-refractivity contribution in [1.82, 2.24) is 0 Å². The highest BCUT2D eigenvalue weighted by Gasteiger charge is 1.97. The highest BCUT2D eigenvalue weighted by Crippen LogP contribution is 2.17. The number of hydrogen-bond acceptors (Lipinski definition) is 1. The molecule has 0 spiro atoms. The molecule has 0 amide bonds. The van der Waals surface area contributed by atoms with Gasteiger partial charge in [0.05, 0.1) is 0 Å². The molecule has 1 rings (SSSR count). The zero-order chi connectivity index (χ0) is 8.27. The Labute approximate surface area is 67.0 Å². The lowest BCUT2D eigenvalue weighted by Gasteiger charge is -2.01. The zero-order valence-electron chi connectivity index (χ0n) is 6.67. The Kier molecular flexibility index (Phi) is 2.32. The Balaban J connectivity index is 2.86. The fraction of sp³-hybridized carbons (Fsp3) is 0.200. The van der Waals surface area contributed by atoms with Crippen molar-refractivity contribution in [1.29, 1.82) is 0 Å². The molecule has 0 saturated carbocycles. The molecule has 58 valence electrons. The molecule has 0 aromatic heterocycles. The van der Waals surface area contributed by atoms with Crippen molar-refractivity contribution in [2.75, 3.05) is 0 Å². The van der Waals surface area contributed by atoms with Gasteiger partial charge in [-0.15, -0.1) is 0 Å². The SMILES string of the molecule is C=C(C)Cc1ccccc1O. The van der Waals surface area contributed by atoms with Gasteiger partial charge in [-0.25, -0.2) is 0 Å². The summed E-state index contributed by atoms with van der Waals surface area (Å²) < 4.78 is 0. The van der Waals surface area contributed by atoms with Crippen molar-refractivity contribution in [3.63, 3.8) is 0 Å². The quantitative estimate of drug-likeness (QED) is 0.639. The Morgan fingerprint density at radius 1 is 1.45 bits per heavy atom. The van der Waals surface area contributed by atoms with Gasteiger partial charge in [0.1, 0.15) is 5.75 Å². The summed E-state index contributed by atoms with van der Waals surface area (Å²) in [5, 5.41) is 9.32. The number of phenols is 1. The molecule has 1 aromatic carbocycles. The number of phenolic OH excluding ortho intramolecular Hbond substituents is 1. The second kappa shape index (κ2) is 3.24. The maximum atomic E-state index is 9.32. The highest BCUT2D eigenvalue weighted by atomic mass is 16.3. The lowest BCUT2D eigenvalue weighted by molar-refractivity contribution is 0.469. The van der Waals surface area contributed by atoms with Crippen LogP contribution in [0.25, 0.3) is 0 Å². The molecule has 0 atom stereocenters. The van der Waals surface area contributed by atoms with Gasteiger partial charge in [0.15, 0.2) is 0 Å². The number of rotatable bonds is 2. The topological polar surface area (TPSA) is 20.2 Å². The third-order valence-electron chi connectivity index (χ3n) is 1.48. The fourth-order valence-corrected chi connectivity index (χ4v) is 0.985. The van der Waals surface area contributed by atoms with Gasteiger partial charge in [0.2, 0.25) is 0 Å². The van der Waals surface area contributed by atoms with Crippen molar-refractivity contribution in [3.8, 4) is 5.75 Å². The van der Waals surface area contributed by atoms with Crippen LogP contribution in [0.5, 0.6) is 5.75 Å². The van der Waals surface area contributed by atoms with Crippen molar-refractivity contribution in [2.24, 2.45) is 0 Å². The maximum absolute atomic E-state index is 9.32. The first-order valence-corrected chi connectivity index (χ1v) is 3.61. The van der Waals surface area contributed by atoms with Crippen LogP contribution in [0.2, 0.25) is 0 Å². The Hall–Kier alpha value is -1.24. The van der Waals surface area contributed by atoms with E-state index >= 15 is 0 Å². The van der Waals surface area contributed by atoms with Crippen LogP contribution in [-0.4, -0.2) is 5.11 Å². The van der Waals surface area contributed by atoms with Gasteiger partial charge in [-0.1, -0.05) is 30.4 Å². The average Bonchev–Trinajstić information content (AvgIpc) is 1.93. The van der Waals surface area contributed by atoms with Gasteiger partial charge >= 0.3 is 0 Å². The van der Waals surface area contributed by atoms with E-state index in [0.29, 0.717) is 5.75 Å². The molecule has 0 heterocycles. The smallest absolute Gasteiger partial charge is 0.119 e. The summed E-state index contributed by atoms with van der Waals surface area (Å²) in [6.07, 6.45) is 0.757. The minimum Gasteiger partial charge on any atom is -0.508 e. The third kappa shape index (κ3) is 2.11. The predicted molar refractivity (Wildman–Crippen MR) is 46.6 cm³/mol. The second-order valence-corrected chi connectivity index (χ2v) is 2.76. The number of hydrogen-bond donors (Lipinski definition) is 1. The van der Waals surface area contributed by atoms with Gasteiger partial charge in [-0.2, -0.15) is 0 Å². The lowest BCUT2D eigenvalue weighted by atomic mass is 10.1. The van der Waals surface area contributed by atoms with Gasteiger partial charge in [-0.3, -0.25) is 0 Å². The molecule has 0 saturated heterocycles. The summed E-state index contributed by atoms with van der Waals surface area (Å²) in [6.45, 7) is 5.73. The van der Waals surface area contributed by atoms with Crippen molar-refractivity contribution in [3.05, 3.63) is 42.0 Å². The normalized spacial score (nSPS) is 9.55. The summed E-state index contributed by atoms with van der Waals surface area (Å²) in [4.78, 5) is 0. The highest BCUT2D eigenvalue weighted by molar-refractivity contribution is 5.34. The summed E-state index contributed by atoms with van der Waals surface area (Å²) >= 11 is 0. The zero-order valence-corrected chi connectivity index (χ0v) is 6.67. The van der Waals surface area contributed by atoms with E-state index in [1.807, 2.05) is 25.1 Å². The van der Waals surface area contributed by atoms with Crippen LogP contribution >= 0.6 is 0 Å². The molecule has 0 bridgehead atoms. The number of aromatic hydroxyl groups is 1. The van der Waals surface area contributed by atoms with Crippen LogP contribution in [0, 0.1) is 0 Å². The third-order valence-corrected chi connectivity index (χ3v) is 1.48. The number of benzene rings is 1. The molecule has 0 fully saturated rings. The molecular formula is C10H12O. The van der Waals surface area contributed by atoms with E-state index < -0.39 is 0 Å². The van der Waals surface area contributed by atoms with Crippen LogP contribution in [0.1, 0.15) is 12.5 Å². The van der Waals surface area contributed by atoms with Gasteiger partial charge in [0.25, 0.3) is 0 Å². The maximum Gasteiger partial charge on any atom is 0.119 e. The molecular weight excluding hydrogens is 136 g/mol. The van der Waals surface area contributed by atoms with Crippen molar-refractivity contribution < 1.29 is 5.11 Å². The lowest BCUT2D eigenvalue weighted by Crippen LogP contribution is -1.84. The van der Waals surface area contributed by atoms with E-state index in [2.05, 4.69) is 6.58 Å².